The summed E-state index contributed by atoms with van der Waals surface area (Å²) in [5, 5.41) is 0. The molecule has 4 heteroatoms. The first kappa shape index (κ1) is 10.6. The van der Waals surface area contributed by atoms with Gasteiger partial charge >= 0.3 is 0 Å². The van der Waals surface area contributed by atoms with Gasteiger partial charge in [-0.2, -0.15) is 4.98 Å². The van der Waals surface area contributed by atoms with E-state index in [1.54, 1.807) is 12.1 Å². The Hall–Kier alpha value is -1.45. The first-order valence-corrected chi connectivity index (χ1v) is 4.69. The van der Waals surface area contributed by atoms with E-state index in [0.717, 1.165) is 0 Å². The molecule has 2 N–H and O–H groups in total. The van der Waals surface area contributed by atoms with Crippen molar-refractivity contribution in [2.45, 2.75) is 26.9 Å². The Morgan fingerprint density at radius 3 is 2.71 bits per heavy atom. The van der Waals surface area contributed by atoms with Crippen LogP contribution in [-0.4, -0.2) is 17.7 Å². The van der Waals surface area contributed by atoms with E-state index in [9.17, 15) is 0 Å². The summed E-state index contributed by atoms with van der Waals surface area (Å²) in [6, 6.07) is 3.46. The zero-order chi connectivity index (χ0) is 10.6. The van der Waals surface area contributed by atoms with Gasteiger partial charge < -0.3 is 15.2 Å². The fourth-order valence-electron chi connectivity index (χ4n) is 0.980. The first-order chi connectivity index (χ1) is 6.63. The van der Waals surface area contributed by atoms with E-state index in [4.69, 9.17) is 15.2 Å². The maximum atomic E-state index is 5.69. The molecule has 14 heavy (non-hydrogen) atoms. The summed E-state index contributed by atoms with van der Waals surface area (Å²) < 4.78 is 10.7. The van der Waals surface area contributed by atoms with Crippen LogP contribution >= 0.6 is 0 Å². The lowest BCUT2D eigenvalue weighted by atomic mass is 10.4. The first-order valence-electron chi connectivity index (χ1n) is 4.69. The molecule has 0 unspecified atom stereocenters. The van der Waals surface area contributed by atoms with Crippen molar-refractivity contribution in [3.63, 3.8) is 0 Å². The van der Waals surface area contributed by atoms with Crippen molar-refractivity contribution in [1.82, 2.24) is 4.98 Å². The van der Waals surface area contributed by atoms with Crippen molar-refractivity contribution in [2.24, 2.45) is 0 Å². The predicted molar refractivity (Wildman–Crippen MR) is 55.6 cm³/mol. The number of rotatable bonds is 4. The van der Waals surface area contributed by atoms with Gasteiger partial charge in [-0.3, -0.25) is 0 Å². The second-order valence-electron chi connectivity index (χ2n) is 3.14. The number of nitrogens with zero attached hydrogens (tertiary/aromatic N) is 1. The normalized spacial score (nSPS) is 10.3. The molecule has 0 bridgehead atoms. The minimum Gasteiger partial charge on any atom is -0.478 e. The molecule has 0 amide bonds. The Morgan fingerprint density at radius 1 is 1.43 bits per heavy atom. The van der Waals surface area contributed by atoms with Crippen LogP contribution < -0.4 is 15.2 Å². The number of hydrogen-bond donors (Lipinski definition) is 1. The Morgan fingerprint density at radius 2 is 2.14 bits per heavy atom. The summed E-state index contributed by atoms with van der Waals surface area (Å²) in [5.74, 6) is 0.975. The molecule has 0 aromatic carbocycles. The van der Waals surface area contributed by atoms with E-state index in [2.05, 4.69) is 4.98 Å². The highest BCUT2D eigenvalue weighted by atomic mass is 16.5. The Balaban J connectivity index is 2.84. The number of hydrogen-bond acceptors (Lipinski definition) is 4. The van der Waals surface area contributed by atoms with Crippen molar-refractivity contribution in [3.05, 3.63) is 12.1 Å². The second-order valence-corrected chi connectivity index (χ2v) is 3.14. The standard InChI is InChI=1S/C10H16N2O2/c1-4-13-9-6-5-8(11)10(12-9)14-7(2)3/h5-7H,4,11H2,1-3H3. The molecular weight excluding hydrogens is 180 g/mol. The monoisotopic (exact) mass is 196 g/mol. The van der Waals surface area contributed by atoms with Gasteiger partial charge in [0.25, 0.3) is 0 Å². The van der Waals surface area contributed by atoms with E-state index in [-0.39, 0.29) is 6.10 Å². The van der Waals surface area contributed by atoms with E-state index < -0.39 is 0 Å². The second kappa shape index (κ2) is 4.69. The SMILES string of the molecule is CCOc1ccc(N)c(OC(C)C)n1. The van der Waals surface area contributed by atoms with E-state index in [1.165, 1.54) is 0 Å². The smallest absolute Gasteiger partial charge is 0.240 e. The van der Waals surface area contributed by atoms with Gasteiger partial charge in [0.15, 0.2) is 0 Å². The van der Waals surface area contributed by atoms with Gasteiger partial charge in [-0.05, 0) is 26.8 Å². The highest BCUT2D eigenvalue weighted by molar-refractivity contribution is 5.49. The predicted octanol–water partition coefficient (Wildman–Crippen LogP) is 1.85. The molecule has 0 aliphatic carbocycles. The van der Waals surface area contributed by atoms with Crippen LogP contribution in [0.3, 0.4) is 0 Å². The average molecular weight is 196 g/mol. The molecule has 0 saturated carbocycles. The van der Waals surface area contributed by atoms with Gasteiger partial charge in [0.05, 0.1) is 18.4 Å². The molecule has 0 aliphatic rings. The lowest BCUT2D eigenvalue weighted by molar-refractivity contribution is 0.229. The van der Waals surface area contributed by atoms with Crippen molar-refractivity contribution in [2.75, 3.05) is 12.3 Å². The number of nitrogens with two attached hydrogens (primary N) is 1. The van der Waals surface area contributed by atoms with Crippen molar-refractivity contribution < 1.29 is 9.47 Å². The van der Waals surface area contributed by atoms with Crippen molar-refractivity contribution in [3.8, 4) is 11.8 Å². The third-order valence-corrected chi connectivity index (χ3v) is 1.50. The van der Waals surface area contributed by atoms with E-state index in [0.29, 0.717) is 24.1 Å². The summed E-state index contributed by atoms with van der Waals surface area (Å²) in [6.07, 6.45) is 0.0571. The van der Waals surface area contributed by atoms with Crippen LogP contribution in [0.4, 0.5) is 5.69 Å². The minimum atomic E-state index is 0.0571. The summed E-state index contributed by atoms with van der Waals surface area (Å²) in [4.78, 5) is 4.13. The molecule has 1 heterocycles. The molecule has 0 aliphatic heterocycles. The van der Waals surface area contributed by atoms with Gasteiger partial charge in [-0.15, -0.1) is 0 Å². The van der Waals surface area contributed by atoms with Crippen LogP contribution in [0.1, 0.15) is 20.8 Å². The summed E-state index contributed by atoms with van der Waals surface area (Å²) in [7, 11) is 0. The maximum absolute atomic E-state index is 5.69. The molecule has 78 valence electrons. The summed E-state index contributed by atoms with van der Waals surface area (Å²) in [5.41, 5.74) is 6.22. The zero-order valence-electron chi connectivity index (χ0n) is 8.78. The number of anilines is 1. The number of nitrogen functional groups attached to an aromatic ring is 1. The largest absolute Gasteiger partial charge is 0.478 e. The van der Waals surface area contributed by atoms with Gasteiger partial charge in [0, 0.05) is 6.07 Å². The molecule has 4 nitrogen and oxygen atoms in total. The Labute approximate surface area is 84.0 Å². The van der Waals surface area contributed by atoms with Crippen LogP contribution in [0, 0.1) is 0 Å². The lowest BCUT2D eigenvalue weighted by Gasteiger charge is -2.11. The van der Waals surface area contributed by atoms with Gasteiger partial charge in [0.2, 0.25) is 11.8 Å². The van der Waals surface area contributed by atoms with Crippen LogP contribution in [0.2, 0.25) is 0 Å². The Kier molecular flexibility index (Phi) is 3.56. The average Bonchev–Trinajstić information content (AvgIpc) is 2.10. The summed E-state index contributed by atoms with van der Waals surface area (Å²) in [6.45, 7) is 6.34. The van der Waals surface area contributed by atoms with E-state index >= 15 is 0 Å². The number of pyridine rings is 1. The summed E-state index contributed by atoms with van der Waals surface area (Å²) >= 11 is 0. The third kappa shape index (κ3) is 2.80. The number of aromatic nitrogens is 1. The molecule has 0 radical (unpaired) electrons. The quantitative estimate of drug-likeness (QED) is 0.798. The van der Waals surface area contributed by atoms with Crippen LogP contribution in [0.25, 0.3) is 0 Å². The lowest BCUT2D eigenvalue weighted by Crippen LogP contribution is -2.09. The third-order valence-electron chi connectivity index (χ3n) is 1.50. The molecule has 1 aromatic rings. The molecule has 0 spiro atoms. The molecule has 1 rings (SSSR count). The fourth-order valence-corrected chi connectivity index (χ4v) is 0.980. The topological polar surface area (TPSA) is 57.4 Å². The van der Waals surface area contributed by atoms with Crippen molar-refractivity contribution >= 4 is 5.69 Å². The van der Waals surface area contributed by atoms with Crippen LogP contribution in [0.15, 0.2) is 12.1 Å². The van der Waals surface area contributed by atoms with Crippen LogP contribution in [-0.2, 0) is 0 Å². The highest BCUT2D eigenvalue weighted by Gasteiger charge is 2.06. The maximum Gasteiger partial charge on any atom is 0.240 e. The van der Waals surface area contributed by atoms with Gasteiger partial charge in [-0.25, -0.2) is 0 Å². The van der Waals surface area contributed by atoms with Gasteiger partial charge in [-0.1, -0.05) is 0 Å². The molecule has 0 fully saturated rings. The van der Waals surface area contributed by atoms with Gasteiger partial charge in [0.1, 0.15) is 0 Å². The molecule has 1 aromatic heterocycles. The fraction of sp³-hybridized carbons (Fsp3) is 0.500. The Bertz CT molecular complexity index is 300. The minimum absolute atomic E-state index is 0.0571. The van der Waals surface area contributed by atoms with Crippen LogP contribution in [0.5, 0.6) is 11.8 Å². The molecular formula is C10H16N2O2. The van der Waals surface area contributed by atoms with E-state index in [1.807, 2.05) is 20.8 Å². The zero-order valence-corrected chi connectivity index (χ0v) is 8.78. The molecule has 0 saturated heterocycles. The molecule has 0 atom stereocenters. The number of ether oxygens (including phenoxy) is 2. The highest BCUT2D eigenvalue weighted by Crippen LogP contribution is 2.22. The van der Waals surface area contributed by atoms with Crippen molar-refractivity contribution in [1.29, 1.82) is 0 Å².